The predicted molar refractivity (Wildman–Crippen MR) is 92.2 cm³/mol. The normalized spacial score (nSPS) is 10.8. The van der Waals surface area contributed by atoms with Crippen molar-refractivity contribution in [3.8, 4) is 0 Å². The van der Waals surface area contributed by atoms with Crippen molar-refractivity contribution in [1.29, 1.82) is 0 Å². The third kappa shape index (κ3) is 3.41. The van der Waals surface area contributed by atoms with E-state index in [9.17, 15) is 0 Å². The molecule has 3 aromatic rings. The van der Waals surface area contributed by atoms with Crippen molar-refractivity contribution in [3.05, 3.63) is 90.5 Å². The van der Waals surface area contributed by atoms with Crippen LogP contribution >= 0.6 is 0 Å². The Morgan fingerprint density at radius 3 is 1.55 bits per heavy atom. The fourth-order valence-corrected chi connectivity index (χ4v) is 4.49. The third-order valence-electron chi connectivity index (χ3n) is 3.43. The average molecular weight is 307 g/mol. The highest BCUT2D eigenvalue weighted by Crippen LogP contribution is 2.30. The third-order valence-corrected chi connectivity index (χ3v) is 5.66. The lowest BCUT2D eigenvalue weighted by Crippen LogP contribution is -2.04. The van der Waals surface area contributed by atoms with Crippen molar-refractivity contribution in [2.45, 2.75) is 21.3 Å². The molecule has 0 aliphatic heterocycles. The Kier molecular flexibility index (Phi) is 4.94. The molecular formula is C20H19OS+. The maximum absolute atomic E-state index is 5.20. The van der Waals surface area contributed by atoms with Crippen molar-refractivity contribution in [1.82, 2.24) is 0 Å². The Morgan fingerprint density at radius 2 is 1.09 bits per heavy atom. The van der Waals surface area contributed by atoms with Gasteiger partial charge in [-0.3, -0.25) is 0 Å². The zero-order chi connectivity index (χ0) is 15.2. The molecule has 2 heteroatoms. The number of rotatable bonds is 5. The van der Waals surface area contributed by atoms with Gasteiger partial charge in [0.05, 0.1) is 17.5 Å². The van der Waals surface area contributed by atoms with Crippen LogP contribution in [0.3, 0.4) is 0 Å². The van der Waals surface area contributed by atoms with Gasteiger partial charge in [0, 0.05) is 7.11 Å². The lowest BCUT2D eigenvalue weighted by atomic mass is 10.2. The fourth-order valence-electron chi connectivity index (χ4n) is 2.41. The second-order valence-electron chi connectivity index (χ2n) is 5.01. The summed E-state index contributed by atoms with van der Waals surface area (Å²) >= 11 is 0. The quantitative estimate of drug-likeness (QED) is 0.607. The van der Waals surface area contributed by atoms with Gasteiger partial charge in [-0.25, -0.2) is 0 Å². The van der Waals surface area contributed by atoms with E-state index in [1.165, 1.54) is 20.2 Å². The highest BCUT2D eigenvalue weighted by atomic mass is 32.2. The van der Waals surface area contributed by atoms with Crippen LogP contribution in [0.1, 0.15) is 5.56 Å². The minimum absolute atomic E-state index is 0.0677. The Bertz CT molecular complexity index is 653. The van der Waals surface area contributed by atoms with Crippen molar-refractivity contribution < 1.29 is 4.74 Å². The molecule has 0 radical (unpaired) electrons. The maximum Gasteiger partial charge on any atom is 0.166 e. The Labute approximate surface area is 134 Å². The van der Waals surface area contributed by atoms with Gasteiger partial charge in [0.25, 0.3) is 0 Å². The molecular weight excluding hydrogens is 288 g/mol. The van der Waals surface area contributed by atoms with Crippen LogP contribution in [-0.4, -0.2) is 7.11 Å². The van der Waals surface area contributed by atoms with Gasteiger partial charge in [0.15, 0.2) is 14.7 Å². The van der Waals surface area contributed by atoms with Gasteiger partial charge in [-0.15, -0.1) is 0 Å². The van der Waals surface area contributed by atoms with Crippen LogP contribution in [-0.2, 0) is 22.2 Å². The highest BCUT2D eigenvalue weighted by Gasteiger charge is 2.27. The monoisotopic (exact) mass is 307 g/mol. The van der Waals surface area contributed by atoms with E-state index >= 15 is 0 Å². The smallest absolute Gasteiger partial charge is 0.166 e. The first-order valence-electron chi connectivity index (χ1n) is 7.31. The van der Waals surface area contributed by atoms with Gasteiger partial charge in [-0.2, -0.15) is 0 Å². The van der Waals surface area contributed by atoms with E-state index in [4.69, 9.17) is 4.74 Å². The summed E-state index contributed by atoms with van der Waals surface area (Å²) in [6, 6.07) is 30.2. The summed E-state index contributed by atoms with van der Waals surface area (Å²) in [6.07, 6.45) is 0. The second-order valence-corrected chi connectivity index (χ2v) is 7.04. The zero-order valence-electron chi connectivity index (χ0n) is 12.6. The van der Waals surface area contributed by atoms with E-state index in [0.29, 0.717) is 6.61 Å². The molecule has 0 N–H and O–H groups in total. The molecule has 0 saturated heterocycles. The summed E-state index contributed by atoms with van der Waals surface area (Å²) in [6.45, 7) is 0.657. The van der Waals surface area contributed by atoms with Gasteiger partial charge in [-0.05, 0) is 42.0 Å². The summed E-state index contributed by atoms with van der Waals surface area (Å²) in [4.78, 5) is 4.01. The molecule has 0 spiro atoms. The molecule has 0 atom stereocenters. The maximum atomic E-state index is 5.20. The summed E-state index contributed by atoms with van der Waals surface area (Å²) in [7, 11) is 1.66. The molecule has 0 bridgehead atoms. The SMILES string of the molecule is COCc1ccc([S+](c2ccccc2)c2ccccc2)cc1. The molecule has 3 rings (SSSR count). The topological polar surface area (TPSA) is 9.23 Å². The summed E-state index contributed by atoms with van der Waals surface area (Å²) in [5, 5.41) is 0. The van der Waals surface area contributed by atoms with Crippen LogP contribution in [0.15, 0.2) is 99.6 Å². The van der Waals surface area contributed by atoms with Gasteiger partial charge >= 0.3 is 0 Å². The summed E-state index contributed by atoms with van der Waals surface area (Å²) in [5.74, 6) is 0. The van der Waals surface area contributed by atoms with E-state index in [0.717, 1.165) is 0 Å². The van der Waals surface area contributed by atoms with Gasteiger partial charge in [0.2, 0.25) is 0 Å². The Morgan fingerprint density at radius 1 is 0.636 bits per heavy atom. The lowest BCUT2D eigenvalue weighted by Gasteiger charge is -2.08. The summed E-state index contributed by atoms with van der Waals surface area (Å²) < 4.78 is 5.20. The predicted octanol–water partition coefficient (Wildman–Crippen LogP) is 4.93. The van der Waals surface area contributed by atoms with Crippen molar-refractivity contribution in [3.63, 3.8) is 0 Å². The van der Waals surface area contributed by atoms with E-state index in [2.05, 4.69) is 84.9 Å². The molecule has 0 aliphatic rings. The lowest BCUT2D eigenvalue weighted by molar-refractivity contribution is 0.185. The Hall–Kier alpha value is -2.03. The number of ether oxygens (including phenoxy) is 1. The van der Waals surface area contributed by atoms with Gasteiger partial charge in [-0.1, -0.05) is 48.5 Å². The molecule has 0 unspecified atom stereocenters. The fraction of sp³-hybridized carbons (Fsp3) is 0.100. The first-order chi connectivity index (χ1) is 10.9. The molecule has 110 valence electrons. The van der Waals surface area contributed by atoms with Crippen LogP contribution in [0.25, 0.3) is 0 Å². The molecule has 0 fully saturated rings. The van der Waals surface area contributed by atoms with Crippen LogP contribution in [0.5, 0.6) is 0 Å². The number of hydrogen-bond acceptors (Lipinski definition) is 1. The molecule has 22 heavy (non-hydrogen) atoms. The first kappa shape index (κ1) is 14.9. The first-order valence-corrected chi connectivity index (χ1v) is 8.53. The highest BCUT2D eigenvalue weighted by molar-refractivity contribution is 7.97. The molecule has 0 saturated carbocycles. The van der Waals surface area contributed by atoms with E-state index in [-0.39, 0.29) is 10.9 Å². The zero-order valence-corrected chi connectivity index (χ0v) is 13.4. The molecule has 3 aromatic carbocycles. The molecule has 0 heterocycles. The van der Waals surface area contributed by atoms with Crippen LogP contribution in [0.4, 0.5) is 0 Å². The van der Waals surface area contributed by atoms with Crippen molar-refractivity contribution in [2.24, 2.45) is 0 Å². The van der Waals surface area contributed by atoms with Gasteiger partial charge in [0.1, 0.15) is 0 Å². The molecule has 1 nitrogen and oxygen atoms in total. The number of methoxy groups -OCH3 is 1. The number of benzene rings is 3. The molecule has 0 aliphatic carbocycles. The standard InChI is InChI=1S/C20H19OS/c1-21-16-17-12-14-20(15-13-17)22(18-8-4-2-5-9-18)19-10-6-3-7-11-19/h2-15H,16H2,1H3/q+1. The van der Waals surface area contributed by atoms with E-state index < -0.39 is 0 Å². The Balaban J connectivity index is 2.02. The van der Waals surface area contributed by atoms with Crippen LogP contribution in [0.2, 0.25) is 0 Å². The van der Waals surface area contributed by atoms with Crippen LogP contribution in [0, 0.1) is 0 Å². The van der Waals surface area contributed by atoms with E-state index in [1.807, 2.05) is 0 Å². The van der Waals surface area contributed by atoms with Crippen LogP contribution < -0.4 is 0 Å². The van der Waals surface area contributed by atoms with Crippen molar-refractivity contribution in [2.75, 3.05) is 7.11 Å². The van der Waals surface area contributed by atoms with Crippen molar-refractivity contribution >= 4 is 10.9 Å². The van der Waals surface area contributed by atoms with E-state index in [1.54, 1.807) is 7.11 Å². The second kappa shape index (κ2) is 7.30. The minimum atomic E-state index is -0.0677. The minimum Gasteiger partial charge on any atom is -0.380 e. The summed E-state index contributed by atoms with van der Waals surface area (Å²) in [5.41, 5.74) is 1.20. The molecule has 0 aromatic heterocycles. The van der Waals surface area contributed by atoms with Gasteiger partial charge < -0.3 is 4.74 Å². The average Bonchev–Trinajstić information content (AvgIpc) is 2.59. The number of hydrogen-bond donors (Lipinski definition) is 0. The molecule has 0 amide bonds. The largest absolute Gasteiger partial charge is 0.380 e.